The Kier molecular flexibility index (Phi) is 2.70. The van der Waals surface area contributed by atoms with Crippen molar-refractivity contribution in [3.63, 3.8) is 0 Å². The average molecular weight is 259 g/mol. The minimum atomic E-state index is -0.778. The van der Waals surface area contributed by atoms with Crippen molar-refractivity contribution in [1.29, 1.82) is 0 Å². The van der Waals surface area contributed by atoms with Gasteiger partial charge in [-0.2, -0.15) is 0 Å². The molecule has 1 aliphatic carbocycles. The van der Waals surface area contributed by atoms with Crippen LogP contribution >= 0.6 is 0 Å². The third-order valence-electron chi connectivity index (χ3n) is 3.10. The van der Waals surface area contributed by atoms with E-state index in [9.17, 15) is 4.79 Å². The summed E-state index contributed by atoms with van der Waals surface area (Å²) in [7, 11) is 0. The third-order valence-corrected chi connectivity index (χ3v) is 3.10. The second kappa shape index (κ2) is 4.38. The molecular formula is C13H13N3O3. The number of aliphatic carboxylic acids is 1. The van der Waals surface area contributed by atoms with E-state index in [1.165, 1.54) is 0 Å². The molecule has 2 aromatic heterocycles. The highest BCUT2D eigenvalue weighted by Gasteiger charge is 2.43. The van der Waals surface area contributed by atoms with Crippen LogP contribution in [0.2, 0.25) is 0 Å². The van der Waals surface area contributed by atoms with E-state index in [1.807, 2.05) is 19.1 Å². The number of carboxylic acid groups (broad SMARTS) is 1. The summed E-state index contributed by atoms with van der Waals surface area (Å²) in [6.45, 7) is 1.87. The maximum absolute atomic E-state index is 10.7. The average Bonchev–Trinajstić information content (AvgIpc) is 3.03. The molecule has 0 aromatic carbocycles. The molecule has 0 aliphatic heterocycles. The smallest absolute Gasteiger partial charge is 0.308 e. The molecule has 3 rings (SSSR count). The molecule has 2 atom stereocenters. The Morgan fingerprint density at radius 3 is 2.68 bits per heavy atom. The van der Waals surface area contributed by atoms with E-state index in [-0.39, 0.29) is 12.0 Å². The van der Waals surface area contributed by atoms with Gasteiger partial charge in [0, 0.05) is 18.4 Å². The summed E-state index contributed by atoms with van der Waals surface area (Å²) < 4.78 is 5.47. The second-order valence-electron chi connectivity index (χ2n) is 4.64. The Balaban J connectivity index is 1.68. The van der Waals surface area contributed by atoms with Gasteiger partial charge < -0.3 is 14.8 Å². The van der Waals surface area contributed by atoms with Crippen LogP contribution in [-0.4, -0.2) is 27.1 Å². The largest absolute Gasteiger partial charge is 0.481 e. The zero-order chi connectivity index (χ0) is 13.4. The van der Waals surface area contributed by atoms with Crippen LogP contribution in [0.3, 0.4) is 0 Å². The zero-order valence-corrected chi connectivity index (χ0v) is 10.3. The first-order chi connectivity index (χ1) is 9.13. The number of aryl methyl sites for hydroxylation is 1. The molecule has 2 heterocycles. The molecule has 6 nitrogen and oxygen atoms in total. The number of nitrogens with zero attached hydrogens (tertiary/aromatic N) is 2. The predicted octanol–water partition coefficient (Wildman–Crippen LogP) is 1.93. The van der Waals surface area contributed by atoms with Gasteiger partial charge in [0.05, 0.1) is 11.5 Å². The highest BCUT2D eigenvalue weighted by molar-refractivity contribution is 5.75. The van der Waals surface area contributed by atoms with E-state index in [1.54, 1.807) is 12.4 Å². The molecule has 98 valence electrons. The molecule has 0 spiro atoms. The van der Waals surface area contributed by atoms with Crippen LogP contribution in [0, 0.1) is 12.8 Å². The summed E-state index contributed by atoms with van der Waals surface area (Å²) in [6, 6.07) is 3.68. The summed E-state index contributed by atoms with van der Waals surface area (Å²) >= 11 is 0. The summed E-state index contributed by atoms with van der Waals surface area (Å²) in [5.74, 6) is 0.898. The van der Waals surface area contributed by atoms with Gasteiger partial charge in [-0.25, -0.2) is 9.97 Å². The number of hydrogen-bond donors (Lipinski definition) is 2. The van der Waals surface area contributed by atoms with Crippen LogP contribution in [0.4, 0.5) is 5.95 Å². The lowest BCUT2D eigenvalue weighted by atomic mass is 10.3. The Morgan fingerprint density at radius 2 is 2.16 bits per heavy atom. The summed E-state index contributed by atoms with van der Waals surface area (Å²) in [4.78, 5) is 19.0. The molecular weight excluding hydrogens is 246 g/mol. The van der Waals surface area contributed by atoms with E-state index in [0.29, 0.717) is 12.4 Å². The highest BCUT2D eigenvalue weighted by Crippen LogP contribution is 2.33. The molecule has 2 N–H and O–H groups in total. The maximum atomic E-state index is 10.7. The van der Waals surface area contributed by atoms with Crippen molar-refractivity contribution >= 4 is 11.9 Å². The summed E-state index contributed by atoms with van der Waals surface area (Å²) in [6.07, 6.45) is 3.94. The molecule has 0 radical (unpaired) electrons. The Hall–Kier alpha value is -2.37. The lowest BCUT2D eigenvalue weighted by Crippen LogP contribution is -2.12. The third kappa shape index (κ3) is 2.42. The van der Waals surface area contributed by atoms with Gasteiger partial charge in [0.1, 0.15) is 11.5 Å². The van der Waals surface area contributed by atoms with Crippen molar-refractivity contribution in [2.75, 3.05) is 5.32 Å². The van der Waals surface area contributed by atoms with E-state index in [4.69, 9.17) is 9.52 Å². The van der Waals surface area contributed by atoms with Crippen molar-refractivity contribution in [2.24, 2.45) is 5.92 Å². The van der Waals surface area contributed by atoms with Gasteiger partial charge in [-0.1, -0.05) is 0 Å². The number of carbonyl (C=O) groups is 1. The van der Waals surface area contributed by atoms with Gasteiger partial charge in [0.2, 0.25) is 5.95 Å². The lowest BCUT2D eigenvalue weighted by Gasteiger charge is -2.03. The van der Waals surface area contributed by atoms with Gasteiger partial charge in [-0.05, 0) is 25.5 Å². The molecule has 1 fully saturated rings. The van der Waals surface area contributed by atoms with Crippen molar-refractivity contribution in [1.82, 2.24) is 9.97 Å². The quantitative estimate of drug-likeness (QED) is 0.872. The fourth-order valence-corrected chi connectivity index (χ4v) is 1.91. The number of carboxylic acids is 1. The van der Waals surface area contributed by atoms with Crippen molar-refractivity contribution < 1.29 is 14.3 Å². The molecule has 0 bridgehead atoms. The first-order valence-electron chi connectivity index (χ1n) is 6.01. The van der Waals surface area contributed by atoms with Gasteiger partial charge in [0.25, 0.3) is 0 Å². The van der Waals surface area contributed by atoms with Crippen molar-refractivity contribution in [2.45, 2.75) is 19.4 Å². The van der Waals surface area contributed by atoms with Crippen LogP contribution < -0.4 is 5.32 Å². The molecule has 1 saturated carbocycles. The first-order valence-corrected chi connectivity index (χ1v) is 6.01. The topological polar surface area (TPSA) is 88.2 Å². The standard InChI is InChI=1S/C13H13N3O3/c1-7-2-3-11(19-7)8-5-14-13(15-6-8)16-10-4-9(10)12(17)18/h2-3,5-6,9-10H,4H2,1H3,(H,17,18)(H,14,15,16). The number of anilines is 1. The molecule has 0 saturated heterocycles. The summed E-state index contributed by atoms with van der Waals surface area (Å²) in [5.41, 5.74) is 0.796. The minimum absolute atomic E-state index is 0.0609. The van der Waals surface area contributed by atoms with E-state index >= 15 is 0 Å². The van der Waals surface area contributed by atoms with E-state index < -0.39 is 5.97 Å². The van der Waals surface area contributed by atoms with Gasteiger partial charge >= 0.3 is 5.97 Å². The Labute approximate surface area is 109 Å². The SMILES string of the molecule is Cc1ccc(-c2cnc(NC3CC3C(=O)O)nc2)o1. The monoisotopic (exact) mass is 259 g/mol. The van der Waals surface area contributed by atoms with Crippen molar-refractivity contribution in [3.05, 3.63) is 30.3 Å². The Morgan fingerprint density at radius 1 is 1.42 bits per heavy atom. The van der Waals surface area contributed by atoms with Crippen LogP contribution in [0.25, 0.3) is 11.3 Å². The fraction of sp³-hybridized carbons (Fsp3) is 0.308. The van der Waals surface area contributed by atoms with Crippen LogP contribution in [-0.2, 0) is 4.79 Å². The number of nitrogens with one attached hydrogen (secondary N) is 1. The lowest BCUT2D eigenvalue weighted by molar-refractivity contribution is -0.138. The predicted molar refractivity (Wildman–Crippen MR) is 67.6 cm³/mol. The van der Waals surface area contributed by atoms with Crippen LogP contribution in [0.1, 0.15) is 12.2 Å². The number of furan rings is 1. The minimum Gasteiger partial charge on any atom is -0.481 e. The van der Waals surface area contributed by atoms with Crippen molar-refractivity contribution in [3.8, 4) is 11.3 Å². The van der Waals surface area contributed by atoms with E-state index in [2.05, 4.69) is 15.3 Å². The van der Waals surface area contributed by atoms with Gasteiger partial charge in [-0.15, -0.1) is 0 Å². The van der Waals surface area contributed by atoms with Gasteiger partial charge in [-0.3, -0.25) is 4.79 Å². The molecule has 1 aliphatic rings. The number of hydrogen-bond acceptors (Lipinski definition) is 5. The molecule has 19 heavy (non-hydrogen) atoms. The van der Waals surface area contributed by atoms with Crippen LogP contribution in [0.15, 0.2) is 28.9 Å². The van der Waals surface area contributed by atoms with E-state index in [0.717, 1.165) is 17.1 Å². The number of aromatic nitrogens is 2. The molecule has 6 heteroatoms. The fourth-order valence-electron chi connectivity index (χ4n) is 1.91. The first kappa shape index (κ1) is 11.7. The molecule has 2 unspecified atom stereocenters. The second-order valence-corrected chi connectivity index (χ2v) is 4.64. The number of rotatable bonds is 4. The summed E-state index contributed by atoms with van der Waals surface area (Å²) in [5, 5.41) is 11.8. The zero-order valence-electron chi connectivity index (χ0n) is 10.3. The highest BCUT2D eigenvalue weighted by atomic mass is 16.4. The normalized spacial score (nSPS) is 21.1. The maximum Gasteiger partial charge on any atom is 0.308 e. The Bertz CT molecular complexity index is 606. The molecule has 2 aromatic rings. The molecule has 0 amide bonds. The van der Waals surface area contributed by atoms with Crippen LogP contribution in [0.5, 0.6) is 0 Å². The van der Waals surface area contributed by atoms with Gasteiger partial charge in [0.15, 0.2) is 0 Å².